The van der Waals surface area contributed by atoms with Crippen LogP contribution in [-0.2, 0) is 4.79 Å². The van der Waals surface area contributed by atoms with E-state index in [1.165, 1.54) is 11.8 Å². The molecule has 2 N–H and O–H groups in total. The highest BCUT2D eigenvalue weighted by atomic mass is 35.5. The fraction of sp³-hybridized carbons (Fsp3) is 0.233. The van der Waals surface area contributed by atoms with E-state index < -0.39 is 0 Å². The monoisotopic (exact) mass is 608 g/mol. The Bertz CT molecular complexity index is 1420. The number of hydrogen-bond acceptors (Lipinski definition) is 7. The number of urea groups is 1. The Kier molecular flexibility index (Phi) is 9.45. The summed E-state index contributed by atoms with van der Waals surface area (Å²) >= 11 is 12.7. The van der Waals surface area contributed by atoms with Crippen LogP contribution in [0.25, 0.3) is 6.08 Å². The molecule has 41 heavy (non-hydrogen) atoms. The van der Waals surface area contributed by atoms with E-state index in [1.807, 2.05) is 54.6 Å². The van der Waals surface area contributed by atoms with Crippen LogP contribution >= 0.6 is 35.6 Å². The van der Waals surface area contributed by atoms with Crippen LogP contribution in [-0.4, -0.2) is 65.4 Å². The molecule has 2 fully saturated rings. The predicted octanol–water partition coefficient (Wildman–Crippen LogP) is 6.00. The first-order valence-electron chi connectivity index (χ1n) is 13.2. The summed E-state index contributed by atoms with van der Waals surface area (Å²) in [6.45, 7) is 4.43. The van der Waals surface area contributed by atoms with Gasteiger partial charge in [0.15, 0.2) is 4.32 Å². The molecular formula is C30H29ClN4O4S2. The standard InChI is InChI=1S/C30H29ClN4O4S2/c31-22-4-10-26(11-5-22)39-25-8-2-21(3-9-25)20-27-28(36)35(30(40)41-27)23-6-12-24(13-7-23)38-19-1-14-33-15-17-34(18-16-33)29(32)37/h2-13,20H,1,14-19H2,(H2,32,37). The summed E-state index contributed by atoms with van der Waals surface area (Å²) in [6, 6.07) is 21.7. The molecule has 0 unspecified atom stereocenters. The van der Waals surface area contributed by atoms with Crippen LogP contribution in [0.1, 0.15) is 12.0 Å². The molecule has 0 atom stereocenters. The first kappa shape index (κ1) is 28.9. The number of benzene rings is 3. The Balaban J connectivity index is 1.11. The van der Waals surface area contributed by atoms with Gasteiger partial charge < -0.3 is 20.1 Å². The number of hydrogen-bond donors (Lipinski definition) is 1. The van der Waals surface area contributed by atoms with Crippen molar-refractivity contribution in [2.75, 3.05) is 44.2 Å². The van der Waals surface area contributed by atoms with Gasteiger partial charge in [0.05, 0.1) is 17.2 Å². The van der Waals surface area contributed by atoms with Crippen LogP contribution in [0.3, 0.4) is 0 Å². The van der Waals surface area contributed by atoms with Gasteiger partial charge in [-0.3, -0.25) is 14.6 Å². The number of thiocarbonyl (C=S) groups is 1. The topological polar surface area (TPSA) is 88.3 Å². The maximum Gasteiger partial charge on any atom is 0.314 e. The zero-order valence-electron chi connectivity index (χ0n) is 22.2. The number of nitrogens with zero attached hydrogens (tertiary/aromatic N) is 3. The van der Waals surface area contributed by atoms with Crippen molar-refractivity contribution >= 4 is 63.6 Å². The number of carbonyl (C=O) groups is 2. The number of carbonyl (C=O) groups excluding carboxylic acids is 2. The highest BCUT2D eigenvalue weighted by molar-refractivity contribution is 8.27. The first-order chi connectivity index (χ1) is 19.9. The third kappa shape index (κ3) is 7.59. The van der Waals surface area contributed by atoms with Crippen LogP contribution in [0.2, 0.25) is 5.02 Å². The summed E-state index contributed by atoms with van der Waals surface area (Å²) in [5.74, 6) is 1.94. The summed E-state index contributed by atoms with van der Waals surface area (Å²) in [4.78, 5) is 30.5. The largest absolute Gasteiger partial charge is 0.494 e. The summed E-state index contributed by atoms with van der Waals surface area (Å²) in [7, 11) is 0. The summed E-state index contributed by atoms with van der Waals surface area (Å²) in [6.07, 6.45) is 2.70. The lowest BCUT2D eigenvalue weighted by Gasteiger charge is -2.33. The number of thioether (sulfide) groups is 1. The molecule has 3 amide bonds. The van der Waals surface area contributed by atoms with Gasteiger partial charge in [0.1, 0.15) is 17.2 Å². The molecule has 11 heteroatoms. The Morgan fingerprint density at radius 2 is 1.54 bits per heavy atom. The van der Waals surface area contributed by atoms with Crippen molar-refractivity contribution in [2.45, 2.75) is 6.42 Å². The lowest BCUT2D eigenvalue weighted by atomic mass is 10.2. The molecule has 2 saturated heterocycles. The maximum atomic E-state index is 13.2. The molecule has 0 aromatic heterocycles. The van der Waals surface area contributed by atoms with Crippen molar-refractivity contribution in [3.05, 3.63) is 88.3 Å². The van der Waals surface area contributed by atoms with Gasteiger partial charge in [0, 0.05) is 37.7 Å². The zero-order chi connectivity index (χ0) is 28.8. The van der Waals surface area contributed by atoms with E-state index in [0.29, 0.717) is 51.1 Å². The van der Waals surface area contributed by atoms with Crippen molar-refractivity contribution in [3.63, 3.8) is 0 Å². The lowest BCUT2D eigenvalue weighted by molar-refractivity contribution is -0.113. The van der Waals surface area contributed by atoms with Crippen LogP contribution in [0, 0.1) is 0 Å². The number of nitrogens with two attached hydrogens (primary N) is 1. The van der Waals surface area contributed by atoms with Gasteiger partial charge in [-0.25, -0.2) is 4.79 Å². The van der Waals surface area contributed by atoms with Crippen LogP contribution < -0.4 is 20.1 Å². The maximum absolute atomic E-state index is 13.2. The Morgan fingerprint density at radius 1 is 0.927 bits per heavy atom. The molecule has 3 aromatic rings. The average Bonchev–Trinajstić information content (AvgIpc) is 3.26. The van der Waals surface area contributed by atoms with Crippen LogP contribution in [0.5, 0.6) is 17.2 Å². The minimum atomic E-state index is -0.356. The fourth-order valence-corrected chi connectivity index (χ4v) is 5.90. The highest BCUT2D eigenvalue weighted by Gasteiger charge is 2.33. The van der Waals surface area contributed by atoms with E-state index in [-0.39, 0.29) is 11.9 Å². The number of primary amides is 1. The second-order valence-electron chi connectivity index (χ2n) is 9.50. The van der Waals surface area contributed by atoms with E-state index in [0.717, 1.165) is 37.4 Å². The number of anilines is 1. The molecule has 0 spiro atoms. The van der Waals surface area contributed by atoms with E-state index in [2.05, 4.69) is 4.90 Å². The molecule has 0 saturated carbocycles. The quantitative estimate of drug-likeness (QED) is 0.181. The molecule has 2 aliphatic rings. The van der Waals surface area contributed by atoms with Crippen LogP contribution in [0.15, 0.2) is 77.7 Å². The number of piperazine rings is 1. The number of halogens is 1. The predicted molar refractivity (Wildman–Crippen MR) is 168 cm³/mol. The van der Waals surface area contributed by atoms with E-state index in [9.17, 15) is 9.59 Å². The van der Waals surface area contributed by atoms with Crippen molar-refractivity contribution in [2.24, 2.45) is 5.73 Å². The van der Waals surface area contributed by atoms with Crippen molar-refractivity contribution in [1.29, 1.82) is 0 Å². The Morgan fingerprint density at radius 3 is 2.17 bits per heavy atom. The van der Waals surface area contributed by atoms with E-state index in [1.54, 1.807) is 34.1 Å². The number of ether oxygens (including phenoxy) is 2. The molecule has 0 radical (unpaired) electrons. The second-order valence-corrected chi connectivity index (χ2v) is 11.6. The Hall–Kier alpha value is -3.57. The third-order valence-electron chi connectivity index (χ3n) is 6.69. The summed E-state index contributed by atoms with van der Waals surface area (Å²) < 4.78 is 12.2. The molecule has 8 nitrogen and oxygen atoms in total. The molecular weight excluding hydrogens is 580 g/mol. The first-order valence-corrected chi connectivity index (χ1v) is 14.8. The van der Waals surface area contributed by atoms with Gasteiger partial charge in [0.2, 0.25) is 0 Å². The summed E-state index contributed by atoms with van der Waals surface area (Å²) in [5.41, 5.74) is 6.90. The highest BCUT2D eigenvalue weighted by Crippen LogP contribution is 2.37. The van der Waals surface area contributed by atoms with E-state index >= 15 is 0 Å². The molecule has 0 aliphatic carbocycles. The third-order valence-corrected chi connectivity index (χ3v) is 8.24. The molecule has 2 heterocycles. The minimum Gasteiger partial charge on any atom is -0.494 e. The molecule has 5 rings (SSSR count). The van der Waals surface area contributed by atoms with Gasteiger partial charge >= 0.3 is 6.03 Å². The molecule has 2 aliphatic heterocycles. The smallest absolute Gasteiger partial charge is 0.314 e. The number of rotatable bonds is 9. The Labute approximate surface area is 253 Å². The van der Waals surface area contributed by atoms with Crippen molar-refractivity contribution in [3.8, 4) is 17.2 Å². The lowest BCUT2D eigenvalue weighted by Crippen LogP contribution is -2.50. The van der Waals surface area contributed by atoms with Gasteiger partial charge in [-0.2, -0.15) is 0 Å². The van der Waals surface area contributed by atoms with Gasteiger partial charge in [-0.15, -0.1) is 0 Å². The molecule has 212 valence electrons. The zero-order valence-corrected chi connectivity index (χ0v) is 24.6. The fourth-order valence-electron chi connectivity index (χ4n) is 4.47. The normalized spacial score (nSPS) is 16.9. The molecule has 0 bridgehead atoms. The number of amides is 3. The van der Waals surface area contributed by atoms with Gasteiger partial charge in [-0.05, 0) is 78.7 Å². The van der Waals surface area contributed by atoms with Gasteiger partial charge in [0.25, 0.3) is 5.91 Å². The van der Waals surface area contributed by atoms with Crippen molar-refractivity contribution < 1.29 is 19.1 Å². The van der Waals surface area contributed by atoms with Crippen molar-refractivity contribution in [1.82, 2.24) is 9.80 Å². The molecule has 3 aromatic carbocycles. The summed E-state index contributed by atoms with van der Waals surface area (Å²) in [5, 5.41) is 0.649. The van der Waals surface area contributed by atoms with Crippen LogP contribution in [0.4, 0.5) is 10.5 Å². The van der Waals surface area contributed by atoms with Gasteiger partial charge in [-0.1, -0.05) is 47.7 Å². The second kappa shape index (κ2) is 13.4. The van der Waals surface area contributed by atoms with E-state index in [4.69, 9.17) is 39.0 Å². The SMILES string of the molecule is NC(=O)N1CCN(CCCOc2ccc(N3C(=O)C(=Cc4ccc(Oc5ccc(Cl)cc5)cc4)SC3=S)cc2)CC1. The average molecular weight is 609 g/mol. The minimum absolute atomic E-state index is 0.161.